The van der Waals surface area contributed by atoms with Gasteiger partial charge < -0.3 is 15.6 Å². The Labute approximate surface area is 157 Å². The van der Waals surface area contributed by atoms with Crippen molar-refractivity contribution >= 4 is 22.8 Å². The van der Waals surface area contributed by atoms with E-state index in [1.165, 1.54) is 0 Å². The average molecular weight is 359 g/mol. The first kappa shape index (κ1) is 16.1. The summed E-state index contributed by atoms with van der Waals surface area (Å²) < 4.78 is 0. The molecule has 2 atom stereocenters. The minimum Gasteiger partial charge on any atom is -0.363 e. The van der Waals surface area contributed by atoms with E-state index in [4.69, 9.17) is 9.97 Å². The van der Waals surface area contributed by atoms with Crippen molar-refractivity contribution in [3.05, 3.63) is 53.4 Å². The fourth-order valence-corrected chi connectivity index (χ4v) is 3.97. The highest BCUT2D eigenvalue weighted by Gasteiger charge is 2.28. The summed E-state index contributed by atoms with van der Waals surface area (Å²) in [5.74, 6) is 1.02. The second kappa shape index (κ2) is 5.94. The summed E-state index contributed by atoms with van der Waals surface area (Å²) in [5, 5.41) is 6.47. The van der Waals surface area contributed by atoms with E-state index in [9.17, 15) is 4.79 Å². The van der Waals surface area contributed by atoms with Gasteiger partial charge in [-0.15, -0.1) is 0 Å². The van der Waals surface area contributed by atoms with Gasteiger partial charge in [0.1, 0.15) is 11.3 Å². The van der Waals surface area contributed by atoms with Crippen LogP contribution in [0.15, 0.2) is 36.4 Å². The highest BCUT2D eigenvalue weighted by molar-refractivity contribution is 6.00. The minimum absolute atomic E-state index is 0.0160. The monoisotopic (exact) mass is 359 g/mol. The molecule has 0 aliphatic carbocycles. The number of amides is 1. The normalized spacial score (nSPS) is 22.4. The van der Waals surface area contributed by atoms with Crippen LogP contribution < -0.4 is 10.6 Å². The average Bonchev–Trinajstić information content (AvgIpc) is 3.09. The summed E-state index contributed by atoms with van der Waals surface area (Å²) in [5.41, 5.74) is 6.17. The predicted molar refractivity (Wildman–Crippen MR) is 106 cm³/mol. The highest BCUT2D eigenvalue weighted by atomic mass is 16.1. The Morgan fingerprint density at radius 2 is 2.07 bits per heavy atom. The lowest BCUT2D eigenvalue weighted by molar-refractivity contribution is 0.0940. The van der Waals surface area contributed by atoms with Gasteiger partial charge in [0.25, 0.3) is 5.91 Å². The summed E-state index contributed by atoms with van der Waals surface area (Å²) in [4.78, 5) is 25.5. The smallest absolute Gasteiger partial charge is 0.253 e. The maximum absolute atomic E-state index is 12.4. The van der Waals surface area contributed by atoms with Crippen molar-refractivity contribution in [1.29, 1.82) is 0 Å². The molecular weight excluding hydrogens is 338 g/mol. The Kier molecular flexibility index (Phi) is 3.53. The number of carbonyl (C=O) groups is 1. The number of anilines is 1. The number of allylic oxidation sites excluding steroid dienone is 1. The first-order valence-electron chi connectivity index (χ1n) is 9.32. The number of aromatic nitrogens is 3. The van der Waals surface area contributed by atoms with Crippen LogP contribution in [0.25, 0.3) is 22.3 Å². The summed E-state index contributed by atoms with van der Waals surface area (Å²) in [6.07, 6.45) is 5.19. The standard InChI is InChI=1S/C21H21N5O/c1-11-5-3-6-13-10-22-21(27)15-9-17(25-18(13)15)14-7-4-8-16-19(14)26-20(23-11)12(2)24-16/h3-5,7-9,11,13,25H,6,10H2,1-2H3,(H,22,27)(H,23,26)/b5-3-/t11-,13+/m1/s1. The molecule has 6 heteroatoms. The van der Waals surface area contributed by atoms with Crippen LogP contribution in [0, 0.1) is 6.92 Å². The van der Waals surface area contributed by atoms with Gasteiger partial charge in [0, 0.05) is 35.5 Å². The number of para-hydroxylation sites is 1. The highest BCUT2D eigenvalue weighted by Crippen LogP contribution is 2.34. The van der Waals surface area contributed by atoms with Crippen molar-refractivity contribution < 1.29 is 4.79 Å². The number of hydrogen-bond acceptors (Lipinski definition) is 4. The van der Waals surface area contributed by atoms with Crippen LogP contribution in [-0.4, -0.2) is 33.4 Å². The molecule has 0 fully saturated rings. The molecule has 27 heavy (non-hydrogen) atoms. The SMILES string of the molecule is Cc1nc2cccc3c2nc1N[C@H](C)/C=C\C[C@H]1CNC(=O)c2cc-3[nH]c21. The van der Waals surface area contributed by atoms with E-state index in [1.54, 1.807) is 0 Å². The van der Waals surface area contributed by atoms with E-state index in [1.807, 2.05) is 31.2 Å². The van der Waals surface area contributed by atoms with Gasteiger partial charge in [-0.25, -0.2) is 9.97 Å². The number of aromatic amines is 1. The molecule has 0 saturated carbocycles. The van der Waals surface area contributed by atoms with Gasteiger partial charge in [-0.05, 0) is 32.4 Å². The molecule has 0 spiro atoms. The quantitative estimate of drug-likeness (QED) is 0.536. The Balaban J connectivity index is 1.80. The Bertz CT molecular complexity index is 1100. The van der Waals surface area contributed by atoms with Crippen LogP contribution in [0.3, 0.4) is 0 Å². The third kappa shape index (κ3) is 2.60. The van der Waals surface area contributed by atoms with Gasteiger partial charge in [-0.2, -0.15) is 0 Å². The molecule has 136 valence electrons. The zero-order valence-electron chi connectivity index (χ0n) is 15.3. The van der Waals surface area contributed by atoms with Crippen molar-refractivity contribution in [3.63, 3.8) is 0 Å². The molecule has 2 aliphatic rings. The predicted octanol–water partition coefficient (Wildman–Crippen LogP) is 3.52. The molecule has 0 radical (unpaired) electrons. The van der Waals surface area contributed by atoms with E-state index in [-0.39, 0.29) is 17.9 Å². The van der Waals surface area contributed by atoms with Gasteiger partial charge in [0.05, 0.1) is 16.8 Å². The molecule has 3 N–H and O–H groups in total. The molecule has 0 unspecified atom stereocenters. The van der Waals surface area contributed by atoms with Gasteiger partial charge in [0.2, 0.25) is 0 Å². The van der Waals surface area contributed by atoms with Crippen LogP contribution in [0.5, 0.6) is 0 Å². The lowest BCUT2D eigenvalue weighted by atomic mass is 9.94. The molecular formula is C21H21N5O. The van der Waals surface area contributed by atoms with Gasteiger partial charge in [0.15, 0.2) is 0 Å². The fraction of sp³-hybridized carbons (Fsp3) is 0.286. The Morgan fingerprint density at radius 3 is 2.96 bits per heavy atom. The lowest BCUT2D eigenvalue weighted by Crippen LogP contribution is -2.34. The Hall–Kier alpha value is -3.15. The fourth-order valence-electron chi connectivity index (χ4n) is 3.97. The zero-order chi connectivity index (χ0) is 18.5. The second-order valence-electron chi connectivity index (χ2n) is 7.35. The van der Waals surface area contributed by atoms with E-state index in [0.29, 0.717) is 6.54 Å². The van der Waals surface area contributed by atoms with Crippen LogP contribution in [0.2, 0.25) is 0 Å². The summed E-state index contributed by atoms with van der Waals surface area (Å²) in [6, 6.07) is 8.07. The van der Waals surface area contributed by atoms with Crippen molar-refractivity contribution in [3.8, 4) is 11.3 Å². The molecule has 4 bridgehead atoms. The molecule has 5 rings (SSSR count). The van der Waals surface area contributed by atoms with Crippen LogP contribution in [0.4, 0.5) is 5.82 Å². The Morgan fingerprint density at radius 1 is 1.19 bits per heavy atom. The van der Waals surface area contributed by atoms with Crippen molar-refractivity contribution in [2.24, 2.45) is 0 Å². The molecule has 2 aliphatic heterocycles. The van der Waals surface area contributed by atoms with E-state index in [0.717, 1.165) is 51.5 Å². The molecule has 0 saturated heterocycles. The van der Waals surface area contributed by atoms with Crippen molar-refractivity contribution in [2.45, 2.75) is 32.2 Å². The zero-order valence-corrected chi connectivity index (χ0v) is 15.3. The third-order valence-corrected chi connectivity index (χ3v) is 5.38. The van der Waals surface area contributed by atoms with Gasteiger partial charge >= 0.3 is 0 Å². The third-order valence-electron chi connectivity index (χ3n) is 5.38. The summed E-state index contributed by atoms with van der Waals surface area (Å²) >= 11 is 0. The number of aryl methyl sites for hydroxylation is 1. The van der Waals surface area contributed by atoms with Crippen molar-refractivity contribution in [1.82, 2.24) is 20.3 Å². The number of rotatable bonds is 0. The summed E-state index contributed by atoms with van der Waals surface area (Å²) in [6.45, 7) is 4.72. The second-order valence-corrected chi connectivity index (χ2v) is 7.35. The van der Waals surface area contributed by atoms with Crippen LogP contribution >= 0.6 is 0 Å². The molecule has 1 aromatic carbocycles. The topological polar surface area (TPSA) is 82.7 Å². The van der Waals surface area contributed by atoms with Crippen LogP contribution in [-0.2, 0) is 0 Å². The van der Waals surface area contributed by atoms with Crippen molar-refractivity contribution in [2.75, 3.05) is 11.9 Å². The molecule has 6 nitrogen and oxygen atoms in total. The van der Waals surface area contributed by atoms with Gasteiger partial charge in [-0.1, -0.05) is 24.3 Å². The molecule has 1 amide bonds. The minimum atomic E-state index is -0.0160. The number of nitrogens with zero attached hydrogens (tertiary/aromatic N) is 2. The first-order valence-corrected chi connectivity index (χ1v) is 9.32. The number of hydrogen-bond donors (Lipinski definition) is 3. The van der Waals surface area contributed by atoms with Gasteiger partial charge in [-0.3, -0.25) is 4.79 Å². The molecule has 4 heterocycles. The number of fused-ring (bicyclic) bond motifs is 3. The first-order chi connectivity index (χ1) is 13.1. The van der Waals surface area contributed by atoms with Crippen LogP contribution in [0.1, 0.15) is 41.0 Å². The maximum atomic E-state index is 12.4. The number of nitrogens with one attached hydrogen (secondary N) is 3. The molecule has 3 aromatic rings. The number of H-pyrrole nitrogens is 1. The lowest BCUT2D eigenvalue weighted by Gasteiger charge is -2.22. The van der Waals surface area contributed by atoms with E-state index < -0.39 is 0 Å². The molecule has 2 aromatic heterocycles. The summed E-state index contributed by atoms with van der Waals surface area (Å²) in [7, 11) is 0. The maximum Gasteiger partial charge on any atom is 0.253 e. The number of benzene rings is 1. The van der Waals surface area contributed by atoms with E-state index in [2.05, 4.69) is 34.7 Å². The largest absolute Gasteiger partial charge is 0.363 e. The van der Waals surface area contributed by atoms with E-state index >= 15 is 0 Å². The number of carbonyl (C=O) groups excluding carboxylic acids is 1.